The molecule has 7 heteroatoms. The van der Waals surface area contributed by atoms with Gasteiger partial charge in [-0.15, -0.1) is 0 Å². The van der Waals surface area contributed by atoms with Crippen LogP contribution in [0.25, 0.3) is 0 Å². The van der Waals surface area contributed by atoms with Gasteiger partial charge in [0.2, 0.25) is 11.8 Å². The molecule has 1 aliphatic carbocycles. The maximum Gasteiger partial charge on any atom is 0.236 e. The summed E-state index contributed by atoms with van der Waals surface area (Å²) in [5, 5.41) is 0. The molecule has 1 saturated carbocycles. The zero-order valence-electron chi connectivity index (χ0n) is 21.4. The van der Waals surface area contributed by atoms with Gasteiger partial charge in [-0.1, -0.05) is 65.2 Å². The van der Waals surface area contributed by atoms with Crippen LogP contribution in [0, 0.1) is 5.92 Å². The number of carbonyl (C=O) groups is 2. The lowest BCUT2D eigenvalue weighted by Crippen LogP contribution is -2.51. The van der Waals surface area contributed by atoms with Gasteiger partial charge in [0.05, 0.1) is 6.54 Å². The molecular weight excluding hydrogens is 518 g/mol. The molecule has 2 aromatic carbocycles. The molecule has 4 rings (SSSR count). The maximum atomic E-state index is 13.2. The van der Waals surface area contributed by atoms with E-state index in [4.69, 9.17) is 4.74 Å². The van der Waals surface area contributed by atoms with Crippen molar-refractivity contribution in [3.05, 3.63) is 64.6 Å². The summed E-state index contributed by atoms with van der Waals surface area (Å²) in [6, 6.07) is 18.3. The van der Waals surface area contributed by atoms with Crippen LogP contribution in [0.2, 0.25) is 0 Å². The average molecular weight is 557 g/mol. The smallest absolute Gasteiger partial charge is 0.236 e. The number of piperidine rings is 1. The second-order valence-corrected chi connectivity index (χ2v) is 11.2. The SMILES string of the molecule is CN(Cc1ccccc1)C(=O)C[C@H]1CN(C(=O)CN(C)C2CCCC2)CC[C@@H]1Oc1cccc(Br)c1. The van der Waals surface area contributed by atoms with Crippen LogP contribution in [0.5, 0.6) is 5.75 Å². The summed E-state index contributed by atoms with van der Waals surface area (Å²) in [4.78, 5) is 32.4. The van der Waals surface area contributed by atoms with Gasteiger partial charge >= 0.3 is 0 Å². The second kappa shape index (κ2) is 12.7. The number of hydrogen-bond acceptors (Lipinski definition) is 4. The van der Waals surface area contributed by atoms with Gasteiger partial charge in [-0.2, -0.15) is 0 Å². The molecular formula is C29H38BrN3O3. The van der Waals surface area contributed by atoms with E-state index < -0.39 is 0 Å². The Labute approximate surface area is 223 Å². The number of hydrogen-bond donors (Lipinski definition) is 0. The van der Waals surface area contributed by atoms with E-state index in [2.05, 4.69) is 27.9 Å². The Hall–Kier alpha value is -2.38. The maximum absolute atomic E-state index is 13.2. The van der Waals surface area contributed by atoms with Gasteiger partial charge in [0.15, 0.2) is 0 Å². The molecule has 0 radical (unpaired) electrons. The Morgan fingerprint density at radius 3 is 2.50 bits per heavy atom. The van der Waals surface area contributed by atoms with E-state index in [0.717, 1.165) is 15.8 Å². The van der Waals surface area contributed by atoms with Crippen LogP contribution in [-0.4, -0.2) is 72.4 Å². The standard InChI is InChI=1S/C29H38BrN3O3/c1-31(25-12-6-7-13-25)21-29(35)33-16-15-27(36-26-14-8-11-24(30)18-26)23(20-33)17-28(34)32(2)19-22-9-4-3-5-10-22/h3-5,8-11,14,18,23,25,27H,6-7,12-13,15-17,19-21H2,1-2H3/t23-,27-/m0/s1. The topological polar surface area (TPSA) is 53.1 Å². The van der Waals surface area contributed by atoms with Gasteiger partial charge in [-0.25, -0.2) is 0 Å². The molecule has 0 N–H and O–H groups in total. The fraction of sp³-hybridized carbons (Fsp3) is 0.517. The van der Waals surface area contributed by atoms with Gasteiger partial charge in [-0.05, 0) is 43.7 Å². The van der Waals surface area contributed by atoms with Crippen LogP contribution in [0.3, 0.4) is 0 Å². The number of rotatable bonds is 9. The molecule has 2 fully saturated rings. The summed E-state index contributed by atoms with van der Waals surface area (Å²) >= 11 is 3.51. The molecule has 194 valence electrons. The number of amides is 2. The number of likely N-dealkylation sites (tertiary alicyclic amines) is 1. The minimum atomic E-state index is -0.120. The number of likely N-dealkylation sites (N-methyl/N-ethyl adjacent to an activating group) is 1. The molecule has 2 aliphatic rings. The van der Waals surface area contributed by atoms with Crippen LogP contribution in [-0.2, 0) is 16.1 Å². The predicted octanol–water partition coefficient (Wildman–Crippen LogP) is 4.97. The first-order valence-electron chi connectivity index (χ1n) is 13.1. The van der Waals surface area contributed by atoms with E-state index in [0.29, 0.717) is 45.1 Å². The van der Waals surface area contributed by atoms with E-state index in [-0.39, 0.29) is 23.8 Å². The van der Waals surface area contributed by atoms with Crippen LogP contribution in [0.1, 0.15) is 44.1 Å². The number of benzene rings is 2. The highest BCUT2D eigenvalue weighted by molar-refractivity contribution is 9.10. The summed E-state index contributed by atoms with van der Waals surface area (Å²) in [6.45, 7) is 2.20. The molecule has 2 atom stereocenters. The van der Waals surface area contributed by atoms with Crippen LogP contribution >= 0.6 is 15.9 Å². The molecule has 6 nitrogen and oxygen atoms in total. The van der Waals surface area contributed by atoms with Gasteiger partial charge in [0, 0.05) is 56.0 Å². The summed E-state index contributed by atoms with van der Waals surface area (Å²) < 4.78 is 7.35. The summed E-state index contributed by atoms with van der Waals surface area (Å²) in [7, 11) is 3.92. The van der Waals surface area contributed by atoms with E-state index in [1.165, 1.54) is 25.7 Å². The molecule has 1 aliphatic heterocycles. The summed E-state index contributed by atoms with van der Waals surface area (Å²) in [6.07, 6.45) is 5.81. The van der Waals surface area contributed by atoms with Crippen molar-refractivity contribution in [3.63, 3.8) is 0 Å². The molecule has 0 spiro atoms. The highest BCUT2D eigenvalue weighted by Gasteiger charge is 2.35. The largest absolute Gasteiger partial charge is 0.490 e. The predicted molar refractivity (Wildman–Crippen MR) is 146 cm³/mol. The van der Waals surface area contributed by atoms with Gasteiger partial charge < -0.3 is 14.5 Å². The zero-order chi connectivity index (χ0) is 25.5. The van der Waals surface area contributed by atoms with Gasteiger partial charge in [0.1, 0.15) is 11.9 Å². The van der Waals surface area contributed by atoms with Crippen LogP contribution in [0.4, 0.5) is 0 Å². The molecule has 0 bridgehead atoms. The van der Waals surface area contributed by atoms with Crippen molar-refractivity contribution in [2.24, 2.45) is 5.92 Å². The summed E-state index contributed by atoms with van der Waals surface area (Å²) in [5.74, 6) is 0.943. The van der Waals surface area contributed by atoms with Crippen LogP contribution in [0.15, 0.2) is 59.1 Å². The number of halogens is 1. The van der Waals surface area contributed by atoms with Crippen molar-refractivity contribution in [1.29, 1.82) is 0 Å². The van der Waals surface area contributed by atoms with E-state index in [9.17, 15) is 9.59 Å². The molecule has 2 amide bonds. The Kier molecular flexibility index (Phi) is 9.43. The number of ether oxygens (including phenoxy) is 1. The monoisotopic (exact) mass is 555 g/mol. The Balaban J connectivity index is 1.42. The lowest BCUT2D eigenvalue weighted by molar-refractivity contribution is -0.139. The highest BCUT2D eigenvalue weighted by Crippen LogP contribution is 2.28. The minimum absolute atomic E-state index is 0.0656. The van der Waals surface area contributed by atoms with Crippen molar-refractivity contribution in [2.75, 3.05) is 33.7 Å². The molecule has 0 unspecified atom stereocenters. The average Bonchev–Trinajstić information content (AvgIpc) is 3.41. The third-order valence-corrected chi connectivity index (χ3v) is 8.05. The zero-order valence-corrected chi connectivity index (χ0v) is 23.0. The number of carbonyl (C=O) groups excluding carboxylic acids is 2. The lowest BCUT2D eigenvalue weighted by Gasteiger charge is -2.39. The van der Waals surface area contributed by atoms with E-state index >= 15 is 0 Å². The van der Waals surface area contributed by atoms with Crippen molar-refractivity contribution in [1.82, 2.24) is 14.7 Å². The Morgan fingerprint density at radius 1 is 1.03 bits per heavy atom. The van der Waals surface area contributed by atoms with Crippen molar-refractivity contribution in [2.45, 2.75) is 57.2 Å². The number of nitrogens with zero attached hydrogens (tertiary/aromatic N) is 3. The molecule has 2 aromatic rings. The molecule has 0 aromatic heterocycles. The Morgan fingerprint density at radius 2 is 1.78 bits per heavy atom. The normalized spacial score (nSPS) is 20.5. The second-order valence-electron chi connectivity index (χ2n) is 10.3. The van der Waals surface area contributed by atoms with Gasteiger partial charge in [-0.3, -0.25) is 14.5 Å². The fourth-order valence-corrected chi connectivity index (χ4v) is 5.79. The molecule has 1 heterocycles. The third kappa shape index (κ3) is 7.32. The molecule has 1 saturated heterocycles. The van der Waals surface area contributed by atoms with Crippen molar-refractivity contribution >= 4 is 27.7 Å². The van der Waals surface area contributed by atoms with Crippen molar-refractivity contribution < 1.29 is 14.3 Å². The third-order valence-electron chi connectivity index (χ3n) is 7.56. The lowest BCUT2D eigenvalue weighted by atomic mass is 9.90. The van der Waals surface area contributed by atoms with E-state index in [1.54, 1.807) is 4.90 Å². The summed E-state index contributed by atoms with van der Waals surface area (Å²) in [5.41, 5.74) is 1.10. The van der Waals surface area contributed by atoms with Gasteiger partial charge in [0.25, 0.3) is 0 Å². The van der Waals surface area contributed by atoms with E-state index in [1.807, 2.05) is 66.5 Å². The first kappa shape index (κ1) is 26.7. The fourth-order valence-electron chi connectivity index (χ4n) is 5.42. The van der Waals surface area contributed by atoms with Crippen LogP contribution < -0.4 is 4.74 Å². The minimum Gasteiger partial charge on any atom is -0.490 e. The van der Waals surface area contributed by atoms with Crippen molar-refractivity contribution in [3.8, 4) is 5.75 Å². The first-order chi connectivity index (χ1) is 17.4. The quantitative estimate of drug-likeness (QED) is 0.438. The highest BCUT2D eigenvalue weighted by atomic mass is 79.9. The molecule has 36 heavy (non-hydrogen) atoms. The Bertz CT molecular complexity index is 1010. The first-order valence-corrected chi connectivity index (χ1v) is 13.9.